The van der Waals surface area contributed by atoms with E-state index in [1.165, 1.54) is 29.4 Å². The Morgan fingerprint density at radius 1 is 1.21 bits per heavy atom. The van der Waals surface area contributed by atoms with Gasteiger partial charge in [-0.3, -0.25) is 19.4 Å². The van der Waals surface area contributed by atoms with Gasteiger partial charge in [0.2, 0.25) is 11.8 Å². The largest absolute Gasteiger partial charge is 0.352 e. The van der Waals surface area contributed by atoms with Crippen LogP contribution in [0.2, 0.25) is 5.02 Å². The molecule has 4 rings (SSSR count). The molecule has 0 fully saturated rings. The maximum Gasteiger partial charge on any atom is 0.254 e. The summed E-state index contributed by atoms with van der Waals surface area (Å²) in [6, 6.07) is 8.87. The number of carbonyl (C=O) groups excluding carboxylic acids is 3. The Kier molecular flexibility index (Phi) is 6.29. The van der Waals surface area contributed by atoms with Crippen LogP contribution >= 0.6 is 11.6 Å². The lowest BCUT2D eigenvalue weighted by molar-refractivity contribution is -0.123. The number of benzene rings is 2. The molecule has 1 aliphatic heterocycles. The highest BCUT2D eigenvalue weighted by atomic mass is 35.5. The van der Waals surface area contributed by atoms with E-state index in [-0.39, 0.29) is 36.9 Å². The first-order valence-electron chi connectivity index (χ1n) is 10.4. The molecule has 0 spiro atoms. The number of nitrogens with one attached hydrogen (secondary N) is 2. The number of nitrogens with zero attached hydrogens (tertiary/aromatic N) is 2. The maximum atomic E-state index is 13.6. The summed E-state index contributed by atoms with van der Waals surface area (Å²) in [4.78, 5) is 44.1. The van der Waals surface area contributed by atoms with Gasteiger partial charge in [0.05, 0.1) is 24.3 Å². The molecule has 9 heteroatoms. The average Bonchev–Trinajstić information content (AvgIpc) is 2.75. The highest BCUT2D eigenvalue weighted by Crippen LogP contribution is 2.32. The van der Waals surface area contributed by atoms with Crippen molar-refractivity contribution in [3.63, 3.8) is 0 Å². The smallest absolute Gasteiger partial charge is 0.254 e. The minimum absolute atomic E-state index is 0.0103. The zero-order valence-corrected chi connectivity index (χ0v) is 18.8. The first kappa shape index (κ1) is 22.7. The highest BCUT2D eigenvalue weighted by Gasteiger charge is 2.36. The molecule has 170 valence electrons. The predicted molar refractivity (Wildman–Crippen MR) is 124 cm³/mol. The van der Waals surface area contributed by atoms with E-state index >= 15 is 0 Å². The average molecular weight is 469 g/mol. The van der Waals surface area contributed by atoms with Gasteiger partial charge in [-0.15, -0.1) is 0 Å². The Balaban J connectivity index is 1.66. The van der Waals surface area contributed by atoms with Crippen molar-refractivity contribution in [3.8, 4) is 0 Å². The van der Waals surface area contributed by atoms with Crippen LogP contribution in [0.5, 0.6) is 0 Å². The molecule has 2 N–H and O–H groups in total. The number of carbonyl (C=O) groups is 3. The number of hydrogen-bond acceptors (Lipinski definition) is 4. The fourth-order valence-corrected chi connectivity index (χ4v) is 4.14. The Morgan fingerprint density at radius 3 is 2.76 bits per heavy atom. The van der Waals surface area contributed by atoms with E-state index in [1.807, 2.05) is 13.8 Å². The Morgan fingerprint density at radius 2 is 2.00 bits per heavy atom. The number of anilines is 1. The number of halogens is 2. The van der Waals surface area contributed by atoms with Gasteiger partial charge >= 0.3 is 0 Å². The normalized spacial score (nSPS) is 15.5. The minimum Gasteiger partial charge on any atom is -0.352 e. The van der Waals surface area contributed by atoms with Crippen molar-refractivity contribution in [2.45, 2.75) is 25.8 Å². The number of fused-ring (bicyclic) bond motifs is 2. The molecule has 0 bridgehead atoms. The highest BCUT2D eigenvalue weighted by molar-refractivity contribution is 6.30. The number of aromatic nitrogens is 1. The van der Waals surface area contributed by atoms with Gasteiger partial charge in [-0.05, 0) is 55.8 Å². The SMILES string of the molecule is CC(C)NC(=O)CN1CC(C(=O)Nc2cncc3cc(F)ccc23)c2cc(Cl)ccc2C1=O. The Bertz CT molecular complexity index is 1260. The standard InChI is InChI=1S/C24H22ClFN4O3/c1-13(2)28-22(31)12-30-11-20(19-8-15(25)3-5-18(19)24(30)33)23(32)29-21-10-27-9-14-7-16(26)4-6-17(14)21/h3-10,13,20H,11-12H2,1-2H3,(H,28,31)(H,29,32). The van der Waals surface area contributed by atoms with Crippen LogP contribution in [0, 0.1) is 5.82 Å². The Labute approximate surface area is 194 Å². The molecular weight excluding hydrogens is 447 g/mol. The van der Waals surface area contributed by atoms with Crippen LogP contribution < -0.4 is 10.6 Å². The zero-order valence-electron chi connectivity index (χ0n) is 18.1. The van der Waals surface area contributed by atoms with Crippen molar-refractivity contribution in [1.82, 2.24) is 15.2 Å². The molecule has 2 heterocycles. The van der Waals surface area contributed by atoms with Crippen LogP contribution in [0.4, 0.5) is 10.1 Å². The summed E-state index contributed by atoms with van der Waals surface area (Å²) in [5, 5.41) is 7.18. The number of rotatable bonds is 5. The molecule has 33 heavy (non-hydrogen) atoms. The second-order valence-corrected chi connectivity index (χ2v) is 8.67. The lowest BCUT2D eigenvalue weighted by Crippen LogP contribution is -2.48. The molecule has 7 nitrogen and oxygen atoms in total. The zero-order chi connectivity index (χ0) is 23.7. The lowest BCUT2D eigenvalue weighted by atomic mass is 9.88. The minimum atomic E-state index is -0.765. The molecule has 1 aliphatic rings. The maximum absolute atomic E-state index is 13.6. The van der Waals surface area contributed by atoms with E-state index in [9.17, 15) is 18.8 Å². The lowest BCUT2D eigenvalue weighted by Gasteiger charge is -2.33. The molecule has 0 aliphatic carbocycles. The molecule has 3 amide bonds. The molecular formula is C24H22ClFN4O3. The fraction of sp³-hybridized carbons (Fsp3) is 0.250. The first-order chi connectivity index (χ1) is 15.7. The molecule has 1 aromatic heterocycles. The third kappa shape index (κ3) is 4.80. The van der Waals surface area contributed by atoms with Crippen molar-refractivity contribution in [2.75, 3.05) is 18.4 Å². The van der Waals surface area contributed by atoms with Gasteiger partial charge in [-0.2, -0.15) is 0 Å². The summed E-state index contributed by atoms with van der Waals surface area (Å²) in [5.41, 5.74) is 1.23. The Hall–Kier alpha value is -3.52. The molecule has 2 aromatic carbocycles. The van der Waals surface area contributed by atoms with Gasteiger partial charge in [0.1, 0.15) is 5.82 Å². The summed E-state index contributed by atoms with van der Waals surface area (Å²) >= 11 is 6.16. The molecule has 1 atom stereocenters. The van der Waals surface area contributed by atoms with Gasteiger partial charge in [0, 0.05) is 40.1 Å². The van der Waals surface area contributed by atoms with Crippen LogP contribution in [-0.2, 0) is 9.59 Å². The number of amides is 3. The van der Waals surface area contributed by atoms with Crippen LogP contribution in [-0.4, -0.2) is 46.7 Å². The molecule has 0 radical (unpaired) electrons. The van der Waals surface area contributed by atoms with Gasteiger partial charge < -0.3 is 15.5 Å². The molecule has 3 aromatic rings. The van der Waals surface area contributed by atoms with Gasteiger partial charge in [0.25, 0.3) is 5.91 Å². The summed E-state index contributed by atoms with van der Waals surface area (Å²) in [5.74, 6) is -2.21. The van der Waals surface area contributed by atoms with Crippen molar-refractivity contribution < 1.29 is 18.8 Å². The summed E-state index contributed by atoms with van der Waals surface area (Å²) < 4.78 is 13.6. The van der Waals surface area contributed by atoms with Crippen molar-refractivity contribution in [3.05, 3.63) is 70.8 Å². The van der Waals surface area contributed by atoms with Crippen LogP contribution in [0.25, 0.3) is 10.8 Å². The topological polar surface area (TPSA) is 91.4 Å². The monoisotopic (exact) mass is 468 g/mol. The quantitative estimate of drug-likeness (QED) is 0.597. The van der Waals surface area contributed by atoms with E-state index in [0.29, 0.717) is 32.6 Å². The summed E-state index contributed by atoms with van der Waals surface area (Å²) in [6.07, 6.45) is 3.00. The first-order valence-corrected chi connectivity index (χ1v) is 10.8. The summed E-state index contributed by atoms with van der Waals surface area (Å²) in [6.45, 7) is 3.50. The van der Waals surface area contributed by atoms with Gasteiger partial charge in [-0.25, -0.2) is 4.39 Å². The van der Waals surface area contributed by atoms with Crippen molar-refractivity contribution in [1.29, 1.82) is 0 Å². The van der Waals surface area contributed by atoms with Gasteiger partial charge in [0.15, 0.2) is 0 Å². The van der Waals surface area contributed by atoms with E-state index in [1.54, 1.807) is 24.3 Å². The van der Waals surface area contributed by atoms with Gasteiger partial charge in [-0.1, -0.05) is 11.6 Å². The van der Waals surface area contributed by atoms with Crippen molar-refractivity contribution >= 4 is 45.8 Å². The molecule has 0 saturated carbocycles. The van der Waals surface area contributed by atoms with Crippen LogP contribution in [0.3, 0.4) is 0 Å². The molecule has 0 saturated heterocycles. The van der Waals surface area contributed by atoms with E-state index < -0.39 is 11.7 Å². The predicted octanol–water partition coefficient (Wildman–Crippen LogP) is 3.73. The third-order valence-electron chi connectivity index (χ3n) is 5.39. The summed E-state index contributed by atoms with van der Waals surface area (Å²) in [7, 11) is 0. The second kappa shape index (κ2) is 9.15. The third-order valence-corrected chi connectivity index (χ3v) is 5.62. The second-order valence-electron chi connectivity index (χ2n) is 8.23. The van der Waals surface area contributed by atoms with E-state index in [2.05, 4.69) is 15.6 Å². The van der Waals surface area contributed by atoms with Crippen LogP contribution in [0.1, 0.15) is 35.7 Å². The van der Waals surface area contributed by atoms with E-state index in [0.717, 1.165) is 0 Å². The fourth-order valence-electron chi connectivity index (χ4n) is 3.96. The van der Waals surface area contributed by atoms with Crippen LogP contribution in [0.15, 0.2) is 48.8 Å². The van der Waals surface area contributed by atoms with E-state index in [4.69, 9.17) is 11.6 Å². The number of hydrogen-bond donors (Lipinski definition) is 2. The molecule has 1 unspecified atom stereocenters. The number of pyridine rings is 1. The van der Waals surface area contributed by atoms with Crippen molar-refractivity contribution in [2.24, 2.45) is 0 Å².